The topological polar surface area (TPSA) is 29.0 Å². The lowest BCUT2D eigenvalue weighted by atomic mass is 9.98. The van der Waals surface area contributed by atoms with Crippen LogP contribution in [0.25, 0.3) is 0 Å². The predicted octanol–water partition coefficient (Wildman–Crippen LogP) is 3.86. The van der Waals surface area contributed by atoms with Gasteiger partial charge >= 0.3 is 0 Å². The van der Waals surface area contributed by atoms with Crippen LogP contribution < -0.4 is 0 Å². The Morgan fingerprint density at radius 3 is 3.00 bits per heavy atom. The SMILES string of the molecule is Clc1cccc(CN2CCCC[C@H]2c2ccncn2)c1. The zero-order valence-corrected chi connectivity index (χ0v) is 12.1. The minimum absolute atomic E-state index is 0.394. The second-order valence-electron chi connectivity index (χ2n) is 5.25. The maximum absolute atomic E-state index is 6.08. The van der Waals surface area contributed by atoms with Crippen LogP contribution in [0.2, 0.25) is 5.02 Å². The number of hydrogen-bond donors (Lipinski definition) is 0. The van der Waals surface area contributed by atoms with E-state index in [1.54, 1.807) is 6.33 Å². The first-order chi connectivity index (χ1) is 9.83. The van der Waals surface area contributed by atoms with Crippen LogP contribution in [0.5, 0.6) is 0 Å². The molecule has 1 aromatic carbocycles. The van der Waals surface area contributed by atoms with Crippen molar-refractivity contribution in [1.82, 2.24) is 14.9 Å². The summed E-state index contributed by atoms with van der Waals surface area (Å²) in [6.45, 7) is 2.04. The quantitative estimate of drug-likeness (QED) is 0.858. The summed E-state index contributed by atoms with van der Waals surface area (Å²) in [5, 5.41) is 0.804. The minimum atomic E-state index is 0.394. The van der Waals surface area contributed by atoms with E-state index in [0.717, 1.165) is 30.2 Å². The van der Waals surface area contributed by atoms with Gasteiger partial charge in [0.15, 0.2) is 0 Å². The van der Waals surface area contributed by atoms with Crippen molar-refractivity contribution < 1.29 is 0 Å². The van der Waals surface area contributed by atoms with Gasteiger partial charge in [-0.25, -0.2) is 9.97 Å². The van der Waals surface area contributed by atoms with Crippen LogP contribution in [0.4, 0.5) is 0 Å². The lowest BCUT2D eigenvalue weighted by Gasteiger charge is -2.35. The summed E-state index contributed by atoms with van der Waals surface area (Å²) in [6.07, 6.45) is 7.15. The Balaban J connectivity index is 1.79. The first-order valence-corrected chi connectivity index (χ1v) is 7.45. The summed E-state index contributed by atoms with van der Waals surface area (Å²) in [7, 11) is 0. The van der Waals surface area contributed by atoms with Gasteiger partial charge in [-0.2, -0.15) is 0 Å². The van der Waals surface area contributed by atoms with Gasteiger partial charge in [0.25, 0.3) is 0 Å². The maximum atomic E-state index is 6.08. The van der Waals surface area contributed by atoms with Crippen molar-refractivity contribution in [2.75, 3.05) is 6.54 Å². The normalized spacial score (nSPS) is 19.9. The zero-order chi connectivity index (χ0) is 13.8. The molecule has 2 aromatic rings. The summed E-state index contributed by atoms with van der Waals surface area (Å²) < 4.78 is 0. The Morgan fingerprint density at radius 2 is 2.20 bits per heavy atom. The van der Waals surface area contributed by atoms with Gasteiger partial charge in [-0.15, -0.1) is 0 Å². The highest BCUT2D eigenvalue weighted by Crippen LogP contribution is 2.31. The number of aromatic nitrogens is 2. The number of hydrogen-bond acceptors (Lipinski definition) is 3. The van der Waals surface area contributed by atoms with Crippen molar-refractivity contribution >= 4 is 11.6 Å². The smallest absolute Gasteiger partial charge is 0.115 e. The molecule has 0 amide bonds. The third kappa shape index (κ3) is 3.17. The molecule has 1 aliphatic rings. The van der Waals surface area contributed by atoms with Gasteiger partial charge in [-0.1, -0.05) is 30.2 Å². The Morgan fingerprint density at radius 1 is 1.25 bits per heavy atom. The minimum Gasteiger partial charge on any atom is -0.291 e. The van der Waals surface area contributed by atoms with E-state index in [1.807, 2.05) is 30.5 Å². The van der Waals surface area contributed by atoms with E-state index in [2.05, 4.69) is 20.9 Å². The number of benzene rings is 1. The van der Waals surface area contributed by atoms with Gasteiger partial charge in [0.05, 0.1) is 11.7 Å². The molecule has 2 heterocycles. The Labute approximate surface area is 124 Å². The third-order valence-corrected chi connectivity index (χ3v) is 4.07. The third-order valence-electron chi connectivity index (χ3n) is 3.83. The van der Waals surface area contributed by atoms with Crippen molar-refractivity contribution in [3.8, 4) is 0 Å². The van der Waals surface area contributed by atoms with Crippen LogP contribution in [-0.2, 0) is 6.54 Å². The molecule has 3 rings (SSSR count). The van der Waals surface area contributed by atoms with Gasteiger partial charge in [-0.3, -0.25) is 4.90 Å². The maximum Gasteiger partial charge on any atom is 0.115 e. The number of nitrogens with zero attached hydrogens (tertiary/aromatic N) is 3. The van der Waals surface area contributed by atoms with E-state index in [4.69, 9.17) is 11.6 Å². The van der Waals surface area contributed by atoms with Crippen molar-refractivity contribution in [2.24, 2.45) is 0 Å². The first-order valence-electron chi connectivity index (χ1n) is 7.07. The fraction of sp³-hybridized carbons (Fsp3) is 0.375. The average molecular weight is 288 g/mol. The molecule has 3 nitrogen and oxygen atoms in total. The highest BCUT2D eigenvalue weighted by molar-refractivity contribution is 6.30. The van der Waals surface area contributed by atoms with E-state index in [1.165, 1.54) is 18.4 Å². The number of rotatable bonds is 3. The molecule has 20 heavy (non-hydrogen) atoms. The molecule has 0 N–H and O–H groups in total. The number of halogens is 1. The van der Waals surface area contributed by atoms with E-state index in [9.17, 15) is 0 Å². The summed E-state index contributed by atoms with van der Waals surface area (Å²) in [5.41, 5.74) is 2.39. The van der Waals surface area contributed by atoms with Crippen LogP contribution in [0, 0.1) is 0 Å². The molecule has 104 valence electrons. The lowest BCUT2D eigenvalue weighted by Crippen LogP contribution is -2.33. The van der Waals surface area contributed by atoms with Gasteiger partial charge in [0.2, 0.25) is 0 Å². The highest BCUT2D eigenvalue weighted by Gasteiger charge is 2.24. The fourth-order valence-corrected chi connectivity index (χ4v) is 3.10. The second-order valence-corrected chi connectivity index (χ2v) is 5.68. The van der Waals surface area contributed by atoms with E-state index in [0.29, 0.717) is 6.04 Å². The molecule has 0 aliphatic carbocycles. The van der Waals surface area contributed by atoms with Crippen LogP contribution in [0.3, 0.4) is 0 Å². The first kappa shape index (κ1) is 13.5. The summed E-state index contributed by atoms with van der Waals surface area (Å²) >= 11 is 6.08. The number of piperidine rings is 1. The fourth-order valence-electron chi connectivity index (χ4n) is 2.88. The molecule has 1 saturated heterocycles. The zero-order valence-electron chi connectivity index (χ0n) is 11.4. The molecule has 0 bridgehead atoms. The molecule has 0 unspecified atom stereocenters. The molecule has 0 saturated carbocycles. The van der Waals surface area contributed by atoms with Crippen LogP contribution in [0.15, 0.2) is 42.9 Å². The van der Waals surface area contributed by atoms with Crippen molar-refractivity contribution in [2.45, 2.75) is 31.8 Å². The largest absolute Gasteiger partial charge is 0.291 e. The van der Waals surface area contributed by atoms with Crippen LogP contribution in [0.1, 0.15) is 36.6 Å². The monoisotopic (exact) mass is 287 g/mol. The molecule has 0 radical (unpaired) electrons. The molecular formula is C16H18ClN3. The van der Waals surface area contributed by atoms with E-state index >= 15 is 0 Å². The molecule has 0 spiro atoms. The molecule has 1 aromatic heterocycles. The van der Waals surface area contributed by atoms with Gasteiger partial charge in [0.1, 0.15) is 6.33 Å². The van der Waals surface area contributed by atoms with Crippen molar-refractivity contribution in [1.29, 1.82) is 0 Å². The molecular weight excluding hydrogens is 270 g/mol. The summed E-state index contributed by atoms with van der Waals surface area (Å²) in [5.74, 6) is 0. The lowest BCUT2D eigenvalue weighted by molar-refractivity contribution is 0.137. The molecule has 1 aliphatic heterocycles. The van der Waals surface area contributed by atoms with Gasteiger partial charge in [0, 0.05) is 17.8 Å². The Kier molecular flexibility index (Phi) is 4.28. The van der Waals surface area contributed by atoms with E-state index in [-0.39, 0.29) is 0 Å². The number of likely N-dealkylation sites (tertiary alicyclic amines) is 1. The van der Waals surface area contributed by atoms with Crippen molar-refractivity contribution in [3.05, 3.63) is 59.1 Å². The standard InChI is InChI=1S/C16H18ClN3/c17-14-5-3-4-13(10-14)11-20-9-2-1-6-16(20)15-7-8-18-12-19-15/h3-5,7-8,10,12,16H,1-2,6,9,11H2/t16-/m0/s1. The Hall–Kier alpha value is -1.45. The average Bonchev–Trinajstić information content (AvgIpc) is 2.49. The van der Waals surface area contributed by atoms with Crippen LogP contribution in [-0.4, -0.2) is 21.4 Å². The van der Waals surface area contributed by atoms with Crippen molar-refractivity contribution in [3.63, 3.8) is 0 Å². The van der Waals surface area contributed by atoms with Gasteiger partial charge < -0.3 is 0 Å². The predicted molar refractivity (Wildman–Crippen MR) is 80.5 cm³/mol. The van der Waals surface area contributed by atoms with Gasteiger partial charge in [-0.05, 0) is 43.1 Å². The molecule has 1 fully saturated rings. The Bertz CT molecular complexity index is 559. The molecule has 1 atom stereocenters. The van der Waals surface area contributed by atoms with Crippen LogP contribution >= 0.6 is 11.6 Å². The highest BCUT2D eigenvalue weighted by atomic mass is 35.5. The second kappa shape index (κ2) is 6.33. The van der Waals surface area contributed by atoms with E-state index < -0.39 is 0 Å². The summed E-state index contributed by atoms with van der Waals surface area (Å²) in [4.78, 5) is 10.9. The summed E-state index contributed by atoms with van der Waals surface area (Å²) in [6, 6.07) is 10.5. The molecule has 4 heteroatoms.